The van der Waals surface area contributed by atoms with Crippen molar-refractivity contribution < 1.29 is 13.6 Å². The van der Waals surface area contributed by atoms with Crippen LogP contribution < -0.4 is 10.4 Å². The number of fused-ring (bicyclic) bond motifs is 2. The van der Waals surface area contributed by atoms with Crippen molar-refractivity contribution in [3.05, 3.63) is 64.0 Å². The van der Waals surface area contributed by atoms with Gasteiger partial charge >= 0.3 is 5.63 Å². The van der Waals surface area contributed by atoms with Crippen LogP contribution in [0.3, 0.4) is 0 Å². The summed E-state index contributed by atoms with van der Waals surface area (Å²) in [4.78, 5) is 12.0. The van der Waals surface area contributed by atoms with Crippen molar-refractivity contribution in [3.8, 4) is 17.1 Å². The molecule has 0 bridgehead atoms. The summed E-state index contributed by atoms with van der Waals surface area (Å²) in [5, 5.41) is 1.78. The number of aryl methyl sites for hydroxylation is 2. The van der Waals surface area contributed by atoms with Gasteiger partial charge in [-0.2, -0.15) is 0 Å². The van der Waals surface area contributed by atoms with E-state index in [1.165, 1.54) is 6.07 Å². The van der Waals surface area contributed by atoms with Crippen LogP contribution in [0, 0.1) is 13.8 Å². The Balaban J connectivity index is 2.06. The maximum atomic E-state index is 12.0. The molecule has 2 heterocycles. The predicted octanol–water partition coefficient (Wildman–Crippen LogP) is 4.83. The number of furan rings is 1. The van der Waals surface area contributed by atoms with E-state index >= 15 is 0 Å². The van der Waals surface area contributed by atoms with Crippen LogP contribution in [-0.4, -0.2) is 7.11 Å². The first-order valence-corrected chi connectivity index (χ1v) is 7.69. The predicted molar refractivity (Wildman–Crippen MR) is 93.7 cm³/mol. The first-order chi connectivity index (χ1) is 11.6. The molecular formula is C20H16O4. The number of methoxy groups -OCH3 is 1. The molecule has 120 valence electrons. The Hall–Kier alpha value is -3.01. The molecule has 4 heteroatoms. The Morgan fingerprint density at radius 3 is 2.54 bits per heavy atom. The summed E-state index contributed by atoms with van der Waals surface area (Å²) in [7, 11) is 1.61. The van der Waals surface area contributed by atoms with E-state index in [0.717, 1.165) is 27.5 Å². The van der Waals surface area contributed by atoms with Gasteiger partial charge in [0.1, 0.15) is 11.3 Å². The van der Waals surface area contributed by atoms with Crippen LogP contribution in [0.2, 0.25) is 0 Å². The van der Waals surface area contributed by atoms with Gasteiger partial charge in [0.2, 0.25) is 0 Å². The summed E-state index contributed by atoms with van der Waals surface area (Å²) in [6.45, 7) is 4.03. The van der Waals surface area contributed by atoms with Crippen LogP contribution in [0.15, 0.2) is 56.1 Å². The SMILES string of the molecule is COc1cccc2cc(-c3cc(=O)oc4cc(C)c(C)cc34)oc12. The highest BCUT2D eigenvalue weighted by atomic mass is 16.5. The van der Waals surface area contributed by atoms with Gasteiger partial charge in [0.05, 0.1) is 7.11 Å². The fraction of sp³-hybridized carbons (Fsp3) is 0.150. The van der Waals surface area contributed by atoms with Crippen LogP contribution in [0.4, 0.5) is 0 Å². The lowest BCUT2D eigenvalue weighted by molar-refractivity contribution is 0.411. The van der Waals surface area contributed by atoms with Crippen LogP contribution in [0.1, 0.15) is 11.1 Å². The van der Waals surface area contributed by atoms with Gasteiger partial charge in [0, 0.05) is 22.4 Å². The molecule has 2 aromatic carbocycles. The summed E-state index contributed by atoms with van der Waals surface area (Å²) in [6.07, 6.45) is 0. The summed E-state index contributed by atoms with van der Waals surface area (Å²) >= 11 is 0. The van der Waals surface area contributed by atoms with Crippen molar-refractivity contribution in [2.24, 2.45) is 0 Å². The number of ether oxygens (including phenoxy) is 1. The summed E-state index contributed by atoms with van der Waals surface area (Å²) in [6, 6.07) is 13.0. The fourth-order valence-corrected chi connectivity index (χ4v) is 2.95. The molecule has 0 aliphatic carbocycles. The number of hydrogen-bond acceptors (Lipinski definition) is 4. The molecule has 4 nitrogen and oxygen atoms in total. The molecule has 0 aliphatic heterocycles. The van der Waals surface area contributed by atoms with E-state index in [-0.39, 0.29) is 0 Å². The Morgan fingerprint density at radius 1 is 0.958 bits per heavy atom. The Morgan fingerprint density at radius 2 is 1.75 bits per heavy atom. The molecule has 0 unspecified atom stereocenters. The zero-order valence-electron chi connectivity index (χ0n) is 13.7. The van der Waals surface area contributed by atoms with E-state index in [4.69, 9.17) is 13.6 Å². The average molecular weight is 320 g/mol. The van der Waals surface area contributed by atoms with E-state index in [2.05, 4.69) is 0 Å². The van der Waals surface area contributed by atoms with Crippen molar-refractivity contribution in [3.63, 3.8) is 0 Å². The molecule has 0 radical (unpaired) electrons. The maximum absolute atomic E-state index is 12.0. The molecule has 0 fully saturated rings. The molecule has 24 heavy (non-hydrogen) atoms. The molecule has 0 amide bonds. The number of para-hydroxylation sites is 1. The highest BCUT2D eigenvalue weighted by molar-refractivity contribution is 5.96. The molecule has 4 rings (SSSR count). The maximum Gasteiger partial charge on any atom is 0.336 e. The lowest BCUT2D eigenvalue weighted by atomic mass is 10.0. The van der Waals surface area contributed by atoms with Gasteiger partial charge in [-0.25, -0.2) is 4.79 Å². The molecule has 0 saturated carbocycles. The van der Waals surface area contributed by atoms with Gasteiger partial charge in [-0.1, -0.05) is 12.1 Å². The topological polar surface area (TPSA) is 52.6 Å². The molecule has 0 N–H and O–H groups in total. The second-order valence-corrected chi connectivity index (χ2v) is 5.90. The quantitative estimate of drug-likeness (QED) is 0.496. The highest BCUT2D eigenvalue weighted by Crippen LogP contribution is 2.36. The van der Waals surface area contributed by atoms with Gasteiger partial charge in [0.15, 0.2) is 11.3 Å². The average Bonchev–Trinajstić information content (AvgIpc) is 2.99. The zero-order valence-corrected chi connectivity index (χ0v) is 13.7. The van der Waals surface area contributed by atoms with Gasteiger partial charge in [0.25, 0.3) is 0 Å². The van der Waals surface area contributed by atoms with Gasteiger partial charge in [-0.15, -0.1) is 0 Å². The van der Waals surface area contributed by atoms with Crippen LogP contribution in [0.5, 0.6) is 5.75 Å². The van der Waals surface area contributed by atoms with Crippen LogP contribution in [-0.2, 0) is 0 Å². The van der Waals surface area contributed by atoms with Gasteiger partial charge in [-0.3, -0.25) is 0 Å². The molecular weight excluding hydrogens is 304 g/mol. The molecule has 2 aromatic heterocycles. The number of benzene rings is 2. The minimum absolute atomic E-state index is 0.395. The first kappa shape index (κ1) is 14.6. The van der Waals surface area contributed by atoms with Gasteiger partial charge < -0.3 is 13.6 Å². The lowest BCUT2D eigenvalue weighted by Crippen LogP contribution is -1.98. The van der Waals surface area contributed by atoms with E-state index in [1.54, 1.807) is 7.11 Å². The lowest BCUT2D eigenvalue weighted by Gasteiger charge is -2.06. The van der Waals surface area contributed by atoms with Crippen molar-refractivity contribution >= 4 is 21.9 Å². The van der Waals surface area contributed by atoms with Crippen molar-refractivity contribution in [2.75, 3.05) is 7.11 Å². The molecule has 0 aliphatic rings. The number of hydrogen-bond donors (Lipinski definition) is 0. The van der Waals surface area contributed by atoms with Crippen LogP contribution in [0.25, 0.3) is 33.3 Å². The minimum Gasteiger partial charge on any atom is -0.493 e. The number of rotatable bonds is 2. The Bertz CT molecular complexity index is 1130. The van der Waals surface area contributed by atoms with Crippen molar-refractivity contribution in [1.29, 1.82) is 0 Å². The Kier molecular flexibility index (Phi) is 3.20. The van der Waals surface area contributed by atoms with Crippen molar-refractivity contribution in [2.45, 2.75) is 13.8 Å². The zero-order chi connectivity index (χ0) is 16.8. The smallest absolute Gasteiger partial charge is 0.336 e. The molecule has 0 saturated heterocycles. The second-order valence-electron chi connectivity index (χ2n) is 5.90. The van der Waals surface area contributed by atoms with E-state index < -0.39 is 5.63 Å². The standard InChI is InChI=1S/C20H16O4/c1-11-7-14-15(10-19(21)23-17(14)8-12(11)2)18-9-13-5-4-6-16(22-3)20(13)24-18/h4-10H,1-3H3. The monoisotopic (exact) mass is 320 g/mol. The largest absolute Gasteiger partial charge is 0.493 e. The molecule has 0 atom stereocenters. The van der Waals surface area contributed by atoms with E-state index in [9.17, 15) is 4.79 Å². The molecule has 4 aromatic rings. The third-order valence-electron chi connectivity index (χ3n) is 4.35. The van der Waals surface area contributed by atoms with Gasteiger partial charge in [-0.05, 0) is 49.2 Å². The summed E-state index contributed by atoms with van der Waals surface area (Å²) in [5.74, 6) is 1.29. The minimum atomic E-state index is -0.395. The van der Waals surface area contributed by atoms with Crippen LogP contribution >= 0.6 is 0 Å². The van der Waals surface area contributed by atoms with E-state index in [1.807, 2.05) is 50.2 Å². The van der Waals surface area contributed by atoms with E-state index in [0.29, 0.717) is 22.7 Å². The third-order valence-corrected chi connectivity index (χ3v) is 4.35. The summed E-state index contributed by atoms with van der Waals surface area (Å²) in [5.41, 5.74) is 3.77. The fourth-order valence-electron chi connectivity index (χ4n) is 2.95. The first-order valence-electron chi connectivity index (χ1n) is 7.69. The Labute approximate surface area is 138 Å². The van der Waals surface area contributed by atoms with Crippen molar-refractivity contribution in [1.82, 2.24) is 0 Å². The second kappa shape index (κ2) is 5.27. The summed E-state index contributed by atoms with van der Waals surface area (Å²) < 4.78 is 16.7. The highest BCUT2D eigenvalue weighted by Gasteiger charge is 2.15. The molecule has 0 spiro atoms. The third kappa shape index (κ3) is 2.19. The normalized spacial score (nSPS) is 11.3.